The lowest BCUT2D eigenvalue weighted by molar-refractivity contribution is -0.139. The third-order valence-electron chi connectivity index (χ3n) is 5.79. The van der Waals surface area contributed by atoms with Crippen LogP contribution in [0.25, 0.3) is 0 Å². The van der Waals surface area contributed by atoms with E-state index < -0.39 is 6.04 Å². The number of nitrogens with one attached hydrogen (secondary N) is 1. The monoisotopic (exact) mass is 460 g/mol. The third-order valence-corrected chi connectivity index (χ3v) is 6.78. The van der Waals surface area contributed by atoms with E-state index in [-0.39, 0.29) is 41.8 Å². The molecule has 2 aromatic rings. The van der Waals surface area contributed by atoms with Gasteiger partial charge in [-0.2, -0.15) is 0 Å². The molecule has 0 unspecified atom stereocenters. The topological polar surface area (TPSA) is 49.4 Å². The van der Waals surface area contributed by atoms with Gasteiger partial charge in [0.2, 0.25) is 11.8 Å². The zero-order valence-corrected chi connectivity index (χ0v) is 19.2. The number of rotatable bonds is 9. The van der Waals surface area contributed by atoms with Crippen LogP contribution in [-0.2, 0) is 21.9 Å². The van der Waals surface area contributed by atoms with Crippen molar-refractivity contribution in [2.24, 2.45) is 0 Å². The average Bonchev–Trinajstić information content (AvgIpc) is 2.80. The fourth-order valence-corrected chi connectivity index (χ4v) is 4.73. The number of amides is 2. The van der Waals surface area contributed by atoms with Gasteiger partial charge in [0, 0.05) is 18.3 Å². The van der Waals surface area contributed by atoms with Crippen molar-refractivity contribution in [2.45, 2.75) is 63.4 Å². The molecule has 172 valence electrons. The molecule has 1 aliphatic carbocycles. The summed E-state index contributed by atoms with van der Waals surface area (Å²) in [7, 11) is 0. The first-order valence-corrected chi connectivity index (χ1v) is 12.2. The van der Waals surface area contributed by atoms with Crippen LogP contribution in [0.5, 0.6) is 0 Å². The van der Waals surface area contributed by atoms with Crippen molar-refractivity contribution in [2.75, 3.05) is 5.75 Å². The Morgan fingerprint density at radius 3 is 2.12 bits per heavy atom. The molecule has 0 heterocycles. The summed E-state index contributed by atoms with van der Waals surface area (Å²) >= 11 is 1.42. The van der Waals surface area contributed by atoms with Crippen LogP contribution in [-0.4, -0.2) is 34.6 Å². The van der Waals surface area contributed by atoms with Crippen LogP contribution in [0.1, 0.15) is 50.2 Å². The number of hydrogen-bond donors (Lipinski definition) is 1. The summed E-state index contributed by atoms with van der Waals surface area (Å²) in [6.07, 6.45) is 5.35. The predicted molar refractivity (Wildman–Crippen MR) is 124 cm³/mol. The minimum absolute atomic E-state index is 0.157. The zero-order valence-electron chi connectivity index (χ0n) is 18.4. The SMILES string of the molecule is C[C@@H](C(=O)NC1CCCCC1)N(Cc1ccc(F)cc1)C(=O)CSCc1ccc(F)cc1. The third kappa shape index (κ3) is 7.33. The van der Waals surface area contributed by atoms with Crippen LogP contribution in [0.2, 0.25) is 0 Å². The van der Waals surface area contributed by atoms with Crippen LogP contribution >= 0.6 is 11.8 Å². The Hall–Kier alpha value is -2.41. The minimum atomic E-state index is -0.638. The van der Waals surface area contributed by atoms with E-state index in [2.05, 4.69) is 5.32 Å². The van der Waals surface area contributed by atoms with Crippen LogP contribution in [0, 0.1) is 11.6 Å². The van der Waals surface area contributed by atoms with Gasteiger partial charge in [-0.05, 0) is 55.2 Å². The van der Waals surface area contributed by atoms with Crippen LogP contribution in [0.3, 0.4) is 0 Å². The maximum absolute atomic E-state index is 13.3. The average molecular weight is 461 g/mol. The molecule has 1 N–H and O–H groups in total. The van der Waals surface area contributed by atoms with Gasteiger partial charge in [-0.1, -0.05) is 43.5 Å². The first-order valence-electron chi connectivity index (χ1n) is 11.1. The molecule has 4 nitrogen and oxygen atoms in total. The van der Waals surface area contributed by atoms with Gasteiger partial charge in [-0.25, -0.2) is 8.78 Å². The van der Waals surface area contributed by atoms with Crippen LogP contribution in [0.15, 0.2) is 48.5 Å². The Labute approximate surface area is 192 Å². The molecule has 0 radical (unpaired) electrons. The molecule has 2 aromatic carbocycles. The van der Waals surface area contributed by atoms with Crippen molar-refractivity contribution in [1.29, 1.82) is 0 Å². The van der Waals surface area contributed by atoms with Gasteiger partial charge in [-0.3, -0.25) is 9.59 Å². The van der Waals surface area contributed by atoms with Crippen LogP contribution < -0.4 is 5.32 Å². The lowest BCUT2D eigenvalue weighted by Crippen LogP contribution is -2.50. The maximum Gasteiger partial charge on any atom is 0.242 e. The zero-order chi connectivity index (χ0) is 22.9. The normalized spacial score (nSPS) is 15.2. The minimum Gasteiger partial charge on any atom is -0.352 e. The highest BCUT2D eigenvalue weighted by molar-refractivity contribution is 7.99. The Bertz CT molecular complexity index is 884. The van der Waals surface area contributed by atoms with E-state index in [1.54, 1.807) is 36.1 Å². The second kappa shape index (κ2) is 12.0. The summed E-state index contributed by atoms with van der Waals surface area (Å²) in [5.74, 6) is -0.190. The summed E-state index contributed by atoms with van der Waals surface area (Å²) in [6.45, 7) is 1.97. The van der Waals surface area contributed by atoms with Gasteiger partial charge < -0.3 is 10.2 Å². The van der Waals surface area contributed by atoms with Crippen molar-refractivity contribution in [3.05, 3.63) is 71.3 Å². The van der Waals surface area contributed by atoms with Crippen molar-refractivity contribution in [1.82, 2.24) is 10.2 Å². The Morgan fingerprint density at radius 1 is 0.969 bits per heavy atom. The Morgan fingerprint density at radius 2 is 1.53 bits per heavy atom. The van der Waals surface area contributed by atoms with Gasteiger partial charge in [0.15, 0.2) is 0 Å². The second-order valence-corrected chi connectivity index (χ2v) is 9.27. The standard InChI is InChI=1S/C25H30F2N2O2S/c1-18(25(31)28-23-5-3-2-4-6-23)29(15-19-7-11-21(26)12-8-19)24(30)17-32-16-20-9-13-22(27)14-10-20/h7-14,18,23H,2-6,15-17H2,1H3,(H,28,31)/t18-/m0/s1. The van der Waals surface area contributed by atoms with Crippen LogP contribution in [0.4, 0.5) is 8.78 Å². The van der Waals surface area contributed by atoms with Crippen molar-refractivity contribution in [3.8, 4) is 0 Å². The second-order valence-electron chi connectivity index (χ2n) is 8.29. The van der Waals surface area contributed by atoms with Gasteiger partial charge >= 0.3 is 0 Å². The highest BCUT2D eigenvalue weighted by Gasteiger charge is 2.28. The summed E-state index contributed by atoms with van der Waals surface area (Å²) in [4.78, 5) is 27.6. The van der Waals surface area contributed by atoms with Crippen molar-refractivity contribution < 1.29 is 18.4 Å². The molecular weight excluding hydrogens is 430 g/mol. The first kappa shape index (κ1) is 24.2. The van der Waals surface area contributed by atoms with Gasteiger partial charge in [0.25, 0.3) is 0 Å². The molecule has 0 spiro atoms. The number of thioether (sulfide) groups is 1. The van der Waals surface area contributed by atoms with E-state index in [4.69, 9.17) is 0 Å². The first-order chi connectivity index (χ1) is 15.4. The van der Waals surface area contributed by atoms with Gasteiger partial charge in [0.05, 0.1) is 5.75 Å². The molecule has 0 bridgehead atoms. The number of halogens is 2. The molecule has 1 fully saturated rings. The Balaban J connectivity index is 1.64. The number of benzene rings is 2. The molecule has 32 heavy (non-hydrogen) atoms. The number of hydrogen-bond acceptors (Lipinski definition) is 3. The highest BCUT2D eigenvalue weighted by Crippen LogP contribution is 2.19. The van der Waals surface area contributed by atoms with E-state index in [0.29, 0.717) is 5.75 Å². The van der Waals surface area contributed by atoms with E-state index in [0.717, 1.165) is 36.8 Å². The molecule has 0 aliphatic heterocycles. The smallest absolute Gasteiger partial charge is 0.242 e. The summed E-state index contributed by atoms with van der Waals surface area (Å²) in [5, 5.41) is 3.10. The number of carbonyl (C=O) groups excluding carboxylic acids is 2. The molecule has 1 aliphatic rings. The van der Waals surface area contributed by atoms with E-state index in [1.807, 2.05) is 0 Å². The molecule has 0 aromatic heterocycles. The Kier molecular flexibility index (Phi) is 9.09. The number of nitrogens with zero attached hydrogens (tertiary/aromatic N) is 1. The summed E-state index contributed by atoms with van der Waals surface area (Å²) < 4.78 is 26.4. The maximum atomic E-state index is 13.3. The lowest BCUT2D eigenvalue weighted by atomic mass is 9.95. The van der Waals surface area contributed by atoms with Crippen molar-refractivity contribution in [3.63, 3.8) is 0 Å². The quantitative estimate of drug-likeness (QED) is 0.569. The molecule has 0 saturated heterocycles. The molecular formula is C25H30F2N2O2S. The van der Waals surface area contributed by atoms with E-state index >= 15 is 0 Å². The van der Waals surface area contributed by atoms with E-state index in [9.17, 15) is 18.4 Å². The molecule has 7 heteroatoms. The fourth-order valence-electron chi connectivity index (χ4n) is 3.86. The van der Waals surface area contributed by atoms with E-state index in [1.165, 1.54) is 42.4 Å². The summed E-state index contributed by atoms with van der Waals surface area (Å²) in [6, 6.07) is 11.7. The molecule has 2 amide bonds. The molecule has 1 saturated carbocycles. The predicted octanol–water partition coefficient (Wildman–Crippen LogP) is 5.06. The number of carbonyl (C=O) groups is 2. The van der Waals surface area contributed by atoms with Gasteiger partial charge in [-0.15, -0.1) is 11.8 Å². The highest BCUT2D eigenvalue weighted by atomic mass is 32.2. The largest absolute Gasteiger partial charge is 0.352 e. The molecule has 1 atom stereocenters. The van der Waals surface area contributed by atoms with Crippen molar-refractivity contribution >= 4 is 23.6 Å². The van der Waals surface area contributed by atoms with Gasteiger partial charge in [0.1, 0.15) is 17.7 Å². The fraction of sp³-hybridized carbons (Fsp3) is 0.440. The lowest BCUT2D eigenvalue weighted by Gasteiger charge is -2.31. The summed E-state index contributed by atoms with van der Waals surface area (Å²) in [5.41, 5.74) is 1.69. The molecule has 3 rings (SSSR count).